The van der Waals surface area contributed by atoms with Crippen molar-refractivity contribution in [1.82, 2.24) is 0 Å². The molecule has 0 saturated heterocycles. The fourth-order valence-electron chi connectivity index (χ4n) is 2.09. The van der Waals surface area contributed by atoms with Crippen LogP contribution in [0.2, 0.25) is 0 Å². The fourth-order valence-corrected chi connectivity index (χ4v) is 2.09. The zero-order valence-electron chi connectivity index (χ0n) is 14.4. The lowest BCUT2D eigenvalue weighted by Crippen LogP contribution is -2.33. The van der Waals surface area contributed by atoms with Crippen LogP contribution in [0.25, 0.3) is 0 Å². The molecule has 7 heteroatoms. The highest BCUT2D eigenvalue weighted by Crippen LogP contribution is 2.20. The van der Waals surface area contributed by atoms with Gasteiger partial charge in [-0.05, 0) is 24.3 Å². The maximum atomic E-state index is 12.2. The van der Waals surface area contributed by atoms with Crippen LogP contribution in [0, 0.1) is 0 Å². The molecule has 0 aliphatic heterocycles. The van der Waals surface area contributed by atoms with E-state index < -0.39 is 11.9 Å². The molecule has 0 aliphatic rings. The largest absolute Gasteiger partial charge is 0.497 e. The minimum Gasteiger partial charge on any atom is -0.497 e. The summed E-state index contributed by atoms with van der Waals surface area (Å²) in [5.74, 6) is 0.516. The number of rotatable bonds is 9. The first-order valence-corrected chi connectivity index (χ1v) is 7.81. The summed E-state index contributed by atoms with van der Waals surface area (Å²) in [4.78, 5) is 34.5. The summed E-state index contributed by atoms with van der Waals surface area (Å²) in [7, 11) is 1.50. The van der Waals surface area contributed by atoms with Gasteiger partial charge in [0.05, 0.1) is 7.11 Å². The Labute approximate surface area is 150 Å². The molecule has 0 fully saturated rings. The number of amides is 1. The third kappa shape index (κ3) is 5.62. The SMILES string of the molecule is COc1cccc(OC(C=O)C(=O)COc2cccc(NC(C)=O)c2)c1. The number of nitrogens with one attached hydrogen (secondary N) is 1. The lowest BCUT2D eigenvalue weighted by atomic mass is 10.2. The van der Waals surface area contributed by atoms with Crippen molar-refractivity contribution in [2.75, 3.05) is 19.0 Å². The quantitative estimate of drug-likeness (QED) is 0.547. The van der Waals surface area contributed by atoms with E-state index in [1.54, 1.807) is 48.5 Å². The van der Waals surface area contributed by atoms with Gasteiger partial charge >= 0.3 is 0 Å². The molecule has 2 aromatic carbocycles. The van der Waals surface area contributed by atoms with Crippen molar-refractivity contribution in [3.8, 4) is 17.2 Å². The molecule has 0 heterocycles. The van der Waals surface area contributed by atoms with Gasteiger partial charge in [0.15, 0.2) is 12.9 Å². The minimum absolute atomic E-state index is 0.217. The van der Waals surface area contributed by atoms with Crippen molar-refractivity contribution in [2.45, 2.75) is 13.0 Å². The maximum absolute atomic E-state index is 12.2. The van der Waals surface area contributed by atoms with Crippen molar-refractivity contribution in [1.29, 1.82) is 0 Å². The molecule has 7 nitrogen and oxygen atoms in total. The van der Waals surface area contributed by atoms with E-state index in [-0.39, 0.29) is 12.5 Å². The fraction of sp³-hybridized carbons (Fsp3) is 0.211. The molecule has 136 valence electrons. The summed E-state index contributed by atoms with van der Waals surface area (Å²) in [6.45, 7) is 1.04. The highest BCUT2D eigenvalue weighted by atomic mass is 16.5. The number of benzene rings is 2. The first kappa shape index (κ1) is 19.0. The van der Waals surface area contributed by atoms with Gasteiger partial charge in [0, 0.05) is 24.7 Å². The summed E-state index contributed by atoms with van der Waals surface area (Å²) < 4.78 is 15.9. The van der Waals surface area contributed by atoms with Gasteiger partial charge < -0.3 is 19.5 Å². The molecule has 1 amide bonds. The number of hydrogen-bond acceptors (Lipinski definition) is 6. The Hall–Kier alpha value is -3.35. The van der Waals surface area contributed by atoms with E-state index in [1.165, 1.54) is 14.0 Å². The van der Waals surface area contributed by atoms with Gasteiger partial charge in [0.25, 0.3) is 0 Å². The number of carbonyl (C=O) groups is 3. The van der Waals surface area contributed by atoms with Crippen LogP contribution in [-0.2, 0) is 14.4 Å². The molecule has 0 radical (unpaired) electrons. The molecule has 1 atom stereocenters. The molecule has 2 rings (SSSR count). The predicted molar refractivity (Wildman–Crippen MR) is 94.7 cm³/mol. The first-order valence-electron chi connectivity index (χ1n) is 7.81. The minimum atomic E-state index is -1.29. The maximum Gasteiger partial charge on any atom is 0.221 e. The Kier molecular flexibility index (Phi) is 6.73. The molecule has 0 spiro atoms. The molecule has 1 unspecified atom stereocenters. The summed E-state index contributed by atoms with van der Waals surface area (Å²) in [5.41, 5.74) is 0.544. The van der Waals surface area contributed by atoms with Gasteiger partial charge in [0.2, 0.25) is 17.8 Å². The van der Waals surface area contributed by atoms with E-state index >= 15 is 0 Å². The van der Waals surface area contributed by atoms with E-state index in [0.29, 0.717) is 29.2 Å². The molecule has 0 aliphatic carbocycles. The molecule has 26 heavy (non-hydrogen) atoms. The normalized spacial score (nSPS) is 11.2. The van der Waals surface area contributed by atoms with Crippen LogP contribution in [0.1, 0.15) is 6.92 Å². The second-order valence-electron chi connectivity index (χ2n) is 5.32. The lowest BCUT2D eigenvalue weighted by molar-refractivity contribution is -0.132. The van der Waals surface area contributed by atoms with Crippen LogP contribution in [0.15, 0.2) is 48.5 Å². The van der Waals surface area contributed by atoms with Crippen LogP contribution < -0.4 is 19.5 Å². The second-order valence-corrected chi connectivity index (χ2v) is 5.32. The Morgan fingerprint density at radius 1 is 1.08 bits per heavy atom. The van der Waals surface area contributed by atoms with Crippen molar-refractivity contribution >= 4 is 23.7 Å². The van der Waals surface area contributed by atoms with Crippen LogP contribution >= 0.6 is 0 Å². The highest BCUT2D eigenvalue weighted by Gasteiger charge is 2.20. The third-order valence-electron chi connectivity index (χ3n) is 3.28. The van der Waals surface area contributed by atoms with E-state index in [2.05, 4.69) is 5.32 Å². The second kappa shape index (κ2) is 9.22. The summed E-state index contributed by atoms with van der Waals surface area (Å²) in [6, 6.07) is 13.2. The molecule has 1 N–H and O–H groups in total. The van der Waals surface area contributed by atoms with Gasteiger partial charge in [-0.3, -0.25) is 14.4 Å². The Morgan fingerprint density at radius 2 is 1.77 bits per heavy atom. The Balaban J connectivity index is 1.96. The molecule has 0 bridgehead atoms. The summed E-state index contributed by atoms with van der Waals surface area (Å²) >= 11 is 0. The van der Waals surface area contributed by atoms with Gasteiger partial charge in [-0.25, -0.2) is 0 Å². The van der Waals surface area contributed by atoms with E-state index in [9.17, 15) is 14.4 Å². The van der Waals surface area contributed by atoms with Crippen LogP contribution in [0.4, 0.5) is 5.69 Å². The molecule has 2 aromatic rings. The number of methoxy groups -OCH3 is 1. The van der Waals surface area contributed by atoms with Gasteiger partial charge in [-0.15, -0.1) is 0 Å². The predicted octanol–water partition coefficient (Wildman–Crippen LogP) is 2.25. The number of aldehydes is 1. The molecule has 0 aromatic heterocycles. The van der Waals surface area contributed by atoms with Gasteiger partial charge in [-0.1, -0.05) is 12.1 Å². The van der Waals surface area contributed by atoms with Crippen molar-refractivity contribution in [3.05, 3.63) is 48.5 Å². The molecule has 0 saturated carbocycles. The number of ether oxygens (including phenoxy) is 3. The van der Waals surface area contributed by atoms with Crippen molar-refractivity contribution in [2.24, 2.45) is 0 Å². The third-order valence-corrected chi connectivity index (χ3v) is 3.28. The van der Waals surface area contributed by atoms with Crippen LogP contribution in [0.3, 0.4) is 0 Å². The smallest absolute Gasteiger partial charge is 0.221 e. The number of ketones is 1. The Bertz CT molecular complexity index is 789. The van der Waals surface area contributed by atoms with Crippen LogP contribution in [-0.4, -0.2) is 37.8 Å². The highest BCUT2D eigenvalue weighted by molar-refractivity contribution is 5.97. The number of carbonyl (C=O) groups excluding carboxylic acids is 3. The van der Waals surface area contributed by atoms with Crippen LogP contribution in [0.5, 0.6) is 17.2 Å². The number of Topliss-reactive ketones (excluding diaryl/α,β-unsaturated/α-hetero) is 1. The first-order chi connectivity index (χ1) is 12.5. The zero-order chi connectivity index (χ0) is 18.9. The molecular formula is C19H19NO6. The van der Waals surface area contributed by atoms with E-state index in [4.69, 9.17) is 14.2 Å². The zero-order valence-corrected chi connectivity index (χ0v) is 14.4. The standard InChI is InChI=1S/C19H19NO6/c1-13(22)20-14-5-3-7-16(9-14)25-12-18(23)19(11-21)26-17-8-4-6-15(10-17)24-2/h3-11,19H,12H2,1-2H3,(H,20,22). The lowest BCUT2D eigenvalue weighted by Gasteiger charge is -2.14. The van der Waals surface area contributed by atoms with E-state index in [0.717, 1.165) is 0 Å². The summed E-state index contributed by atoms with van der Waals surface area (Å²) in [5, 5.41) is 2.61. The van der Waals surface area contributed by atoms with E-state index in [1.807, 2.05) is 0 Å². The molecular weight excluding hydrogens is 338 g/mol. The van der Waals surface area contributed by atoms with Crippen molar-refractivity contribution in [3.63, 3.8) is 0 Å². The van der Waals surface area contributed by atoms with Crippen molar-refractivity contribution < 1.29 is 28.6 Å². The average molecular weight is 357 g/mol. The monoisotopic (exact) mass is 357 g/mol. The topological polar surface area (TPSA) is 90.9 Å². The number of hydrogen-bond donors (Lipinski definition) is 1. The van der Waals surface area contributed by atoms with Gasteiger partial charge in [-0.2, -0.15) is 0 Å². The van der Waals surface area contributed by atoms with Gasteiger partial charge in [0.1, 0.15) is 17.2 Å². The average Bonchev–Trinajstić information content (AvgIpc) is 2.64. The Morgan fingerprint density at radius 3 is 2.46 bits per heavy atom. The summed E-state index contributed by atoms with van der Waals surface area (Å²) in [6.07, 6.45) is -0.876. The number of anilines is 1.